The highest BCUT2D eigenvalue weighted by Crippen LogP contribution is 2.47. The second kappa shape index (κ2) is 5.84. The Balaban J connectivity index is 1.68. The van der Waals surface area contributed by atoms with E-state index >= 15 is 0 Å². The molecule has 5 nitrogen and oxygen atoms in total. The average Bonchev–Trinajstić information content (AvgIpc) is 3.27. The summed E-state index contributed by atoms with van der Waals surface area (Å²) in [6, 6.07) is 1.45. The molecule has 1 N–H and O–H groups in total. The maximum Gasteiger partial charge on any atom is 0.251 e. The number of aromatic nitrogens is 2. The number of aromatic amines is 1. The first-order valence-corrected chi connectivity index (χ1v) is 7.61. The number of rotatable bonds is 5. The molecule has 0 radical (unpaired) electrons. The molecule has 0 atom stereocenters. The third-order valence-corrected chi connectivity index (χ3v) is 4.33. The number of alkyl halides is 1. The van der Waals surface area contributed by atoms with Crippen molar-refractivity contribution in [2.75, 3.05) is 19.8 Å². The maximum atomic E-state index is 11.6. The van der Waals surface area contributed by atoms with Gasteiger partial charge in [-0.05, 0) is 25.7 Å². The zero-order valence-corrected chi connectivity index (χ0v) is 12.1. The first-order valence-electron chi connectivity index (χ1n) is 7.08. The topological polar surface area (TPSA) is 64.2 Å². The Morgan fingerprint density at radius 2 is 2.20 bits per heavy atom. The van der Waals surface area contributed by atoms with E-state index in [0.29, 0.717) is 12.3 Å². The van der Waals surface area contributed by atoms with Gasteiger partial charge < -0.3 is 14.5 Å². The number of nitrogens with zero attached hydrogens (tertiary/aromatic N) is 1. The Hall–Kier alpha value is -0.910. The van der Waals surface area contributed by atoms with Crippen molar-refractivity contribution in [1.82, 2.24) is 9.97 Å². The zero-order valence-electron chi connectivity index (χ0n) is 11.4. The van der Waals surface area contributed by atoms with Gasteiger partial charge in [0.15, 0.2) is 0 Å². The summed E-state index contributed by atoms with van der Waals surface area (Å²) >= 11 is 5.78. The Bertz CT molecular complexity index is 521. The van der Waals surface area contributed by atoms with Gasteiger partial charge in [0.2, 0.25) is 0 Å². The van der Waals surface area contributed by atoms with Crippen LogP contribution in [0.25, 0.3) is 0 Å². The number of nitrogens with one attached hydrogen (secondary N) is 1. The fraction of sp³-hybridized carbons (Fsp3) is 0.714. The van der Waals surface area contributed by atoms with E-state index in [4.69, 9.17) is 21.1 Å². The van der Waals surface area contributed by atoms with Crippen molar-refractivity contribution in [3.63, 3.8) is 0 Å². The predicted molar refractivity (Wildman–Crippen MR) is 75.1 cm³/mol. The van der Waals surface area contributed by atoms with Crippen LogP contribution in [0.5, 0.6) is 0 Å². The van der Waals surface area contributed by atoms with E-state index < -0.39 is 0 Å². The zero-order chi connectivity index (χ0) is 14.0. The average molecular weight is 299 g/mol. The maximum absolute atomic E-state index is 11.6. The molecular weight excluding hydrogens is 280 g/mol. The fourth-order valence-electron chi connectivity index (χ4n) is 2.55. The standard InChI is InChI=1S/C14H19ClN2O3/c15-8-10-7-12(18)17-13(16-10)14(3-4-14)9-20-11-1-5-19-6-2-11/h7,11H,1-6,8-9H2,(H,16,17,18). The van der Waals surface area contributed by atoms with Crippen LogP contribution in [-0.2, 0) is 20.8 Å². The van der Waals surface area contributed by atoms with Crippen LogP contribution in [0.1, 0.15) is 37.2 Å². The first-order chi connectivity index (χ1) is 9.72. The van der Waals surface area contributed by atoms with Crippen LogP contribution in [0.4, 0.5) is 0 Å². The van der Waals surface area contributed by atoms with E-state index in [1.807, 2.05) is 0 Å². The molecule has 1 aliphatic heterocycles. The molecule has 6 heteroatoms. The van der Waals surface area contributed by atoms with Gasteiger partial charge in [0.1, 0.15) is 5.82 Å². The van der Waals surface area contributed by atoms with Gasteiger partial charge in [-0.15, -0.1) is 11.6 Å². The van der Waals surface area contributed by atoms with E-state index in [1.165, 1.54) is 6.07 Å². The lowest BCUT2D eigenvalue weighted by molar-refractivity contribution is -0.0391. The lowest BCUT2D eigenvalue weighted by Crippen LogP contribution is -2.29. The summed E-state index contributed by atoms with van der Waals surface area (Å²) in [7, 11) is 0. The number of H-pyrrole nitrogens is 1. The van der Waals surface area contributed by atoms with Gasteiger partial charge in [0.05, 0.1) is 29.7 Å². The number of hydrogen-bond donors (Lipinski definition) is 1. The van der Waals surface area contributed by atoms with Crippen molar-refractivity contribution in [3.8, 4) is 0 Å². The Labute approximate surface area is 122 Å². The van der Waals surface area contributed by atoms with Gasteiger partial charge in [0.25, 0.3) is 5.56 Å². The van der Waals surface area contributed by atoms with Crippen LogP contribution in [0.2, 0.25) is 0 Å². The molecule has 0 spiro atoms. The quantitative estimate of drug-likeness (QED) is 0.841. The van der Waals surface area contributed by atoms with Gasteiger partial charge in [-0.3, -0.25) is 4.79 Å². The monoisotopic (exact) mass is 298 g/mol. The van der Waals surface area contributed by atoms with Gasteiger partial charge in [-0.25, -0.2) is 4.98 Å². The highest BCUT2D eigenvalue weighted by molar-refractivity contribution is 6.16. The number of ether oxygens (including phenoxy) is 2. The molecule has 1 aromatic heterocycles. The Morgan fingerprint density at radius 3 is 2.85 bits per heavy atom. The summed E-state index contributed by atoms with van der Waals surface area (Å²) in [5, 5.41) is 0. The normalized spacial score (nSPS) is 21.9. The van der Waals surface area contributed by atoms with Gasteiger partial charge in [-0.1, -0.05) is 0 Å². The lowest BCUT2D eigenvalue weighted by Gasteiger charge is -2.25. The number of hydrogen-bond acceptors (Lipinski definition) is 4. The van der Waals surface area contributed by atoms with Crippen LogP contribution >= 0.6 is 11.6 Å². The summed E-state index contributed by atoms with van der Waals surface area (Å²) in [5.74, 6) is 0.987. The molecule has 0 bridgehead atoms. The van der Waals surface area contributed by atoms with Crippen molar-refractivity contribution >= 4 is 11.6 Å². The second-order valence-electron chi connectivity index (χ2n) is 5.62. The minimum Gasteiger partial charge on any atom is -0.381 e. The van der Waals surface area contributed by atoms with Crippen molar-refractivity contribution in [3.05, 3.63) is 27.9 Å². The van der Waals surface area contributed by atoms with Crippen molar-refractivity contribution < 1.29 is 9.47 Å². The van der Waals surface area contributed by atoms with Crippen molar-refractivity contribution in [2.45, 2.75) is 43.1 Å². The SMILES string of the molecule is O=c1cc(CCl)nc(C2(COC3CCOCC3)CC2)[nH]1. The van der Waals surface area contributed by atoms with Crippen molar-refractivity contribution in [1.29, 1.82) is 0 Å². The van der Waals surface area contributed by atoms with E-state index in [9.17, 15) is 4.79 Å². The fourth-order valence-corrected chi connectivity index (χ4v) is 2.68. The van der Waals surface area contributed by atoms with Crippen LogP contribution < -0.4 is 5.56 Å². The molecule has 20 heavy (non-hydrogen) atoms. The van der Waals surface area contributed by atoms with Crippen LogP contribution in [-0.4, -0.2) is 35.9 Å². The molecule has 1 saturated heterocycles. The first kappa shape index (κ1) is 14.0. The van der Waals surface area contributed by atoms with Crippen LogP contribution in [0.15, 0.2) is 10.9 Å². The van der Waals surface area contributed by atoms with Gasteiger partial charge in [-0.2, -0.15) is 0 Å². The largest absolute Gasteiger partial charge is 0.381 e. The highest BCUT2D eigenvalue weighted by Gasteiger charge is 2.47. The molecule has 1 aliphatic carbocycles. The van der Waals surface area contributed by atoms with E-state index in [2.05, 4.69) is 9.97 Å². The van der Waals surface area contributed by atoms with E-state index in [0.717, 1.165) is 44.7 Å². The lowest BCUT2D eigenvalue weighted by atomic mass is 10.1. The molecular formula is C14H19ClN2O3. The Kier molecular flexibility index (Phi) is 4.10. The molecule has 110 valence electrons. The molecule has 3 rings (SSSR count). The molecule has 2 fully saturated rings. The van der Waals surface area contributed by atoms with Crippen molar-refractivity contribution in [2.24, 2.45) is 0 Å². The van der Waals surface area contributed by atoms with E-state index in [1.54, 1.807) is 0 Å². The molecule has 0 unspecified atom stereocenters. The van der Waals surface area contributed by atoms with Gasteiger partial charge in [0, 0.05) is 19.3 Å². The van der Waals surface area contributed by atoms with E-state index in [-0.39, 0.29) is 23.0 Å². The van der Waals surface area contributed by atoms with Crippen LogP contribution in [0.3, 0.4) is 0 Å². The number of halogens is 1. The molecule has 2 aliphatic rings. The smallest absolute Gasteiger partial charge is 0.251 e. The van der Waals surface area contributed by atoms with Gasteiger partial charge >= 0.3 is 0 Å². The summed E-state index contributed by atoms with van der Waals surface area (Å²) in [6.45, 7) is 2.16. The summed E-state index contributed by atoms with van der Waals surface area (Å²) in [4.78, 5) is 18.9. The molecule has 0 amide bonds. The third kappa shape index (κ3) is 3.05. The highest BCUT2D eigenvalue weighted by atomic mass is 35.5. The summed E-state index contributed by atoms with van der Waals surface area (Å²) < 4.78 is 11.3. The van der Waals surface area contributed by atoms with Crippen LogP contribution in [0, 0.1) is 0 Å². The minimum atomic E-state index is -0.136. The third-order valence-electron chi connectivity index (χ3n) is 4.05. The summed E-state index contributed by atoms with van der Waals surface area (Å²) in [5.41, 5.74) is 0.380. The molecule has 1 saturated carbocycles. The molecule has 1 aromatic rings. The predicted octanol–water partition coefficient (Wildman–Crippen LogP) is 1.74. The minimum absolute atomic E-state index is 0.112. The molecule has 2 heterocycles. The molecule has 0 aromatic carbocycles. The Morgan fingerprint density at radius 1 is 1.45 bits per heavy atom. The summed E-state index contributed by atoms with van der Waals surface area (Å²) in [6.07, 6.45) is 4.17. The second-order valence-corrected chi connectivity index (χ2v) is 5.89.